The zero-order valence-corrected chi connectivity index (χ0v) is 12.8. The maximum Gasteiger partial charge on any atom is 0.330 e. The van der Waals surface area contributed by atoms with Crippen LogP contribution in [0.5, 0.6) is 0 Å². The topological polar surface area (TPSA) is 55.8 Å². The fourth-order valence-corrected chi connectivity index (χ4v) is 5.03. The average molecular weight is 294 g/mol. The average Bonchev–Trinajstić information content (AvgIpc) is 2.42. The van der Waals surface area contributed by atoms with Gasteiger partial charge < -0.3 is 14.6 Å². The third kappa shape index (κ3) is 2.88. The minimum absolute atomic E-state index is 0.193. The van der Waals surface area contributed by atoms with Crippen LogP contribution in [0.4, 0.5) is 0 Å². The molecule has 4 heteroatoms. The molecule has 21 heavy (non-hydrogen) atoms. The molecule has 0 radical (unpaired) electrons. The van der Waals surface area contributed by atoms with Gasteiger partial charge in [-0.05, 0) is 50.4 Å². The maximum absolute atomic E-state index is 11.7. The highest BCUT2D eigenvalue weighted by Crippen LogP contribution is 2.60. The molecule has 4 aliphatic rings. The van der Waals surface area contributed by atoms with Crippen molar-refractivity contribution in [2.45, 2.75) is 69.2 Å². The molecule has 0 aromatic heterocycles. The van der Waals surface area contributed by atoms with Gasteiger partial charge in [0.15, 0.2) is 0 Å². The number of hydrogen-bond donors (Lipinski definition) is 1. The van der Waals surface area contributed by atoms with Crippen LogP contribution in [0.1, 0.15) is 51.9 Å². The molecule has 0 heterocycles. The maximum atomic E-state index is 11.7. The minimum atomic E-state index is -0.398. The van der Waals surface area contributed by atoms with Crippen molar-refractivity contribution in [2.75, 3.05) is 6.61 Å². The number of ether oxygens (including phenoxy) is 2. The highest BCUT2D eigenvalue weighted by atomic mass is 16.6. The van der Waals surface area contributed by atoms with Crippen LogP contribution in [0.25, 0.3) is 0 Å². The molecule has 118 valence electrons. The van der Waals surface area contributed by atoms with E-state index in [9.17, 15) is 9.90 Å². The number of rotatable bonds is 6. The Bertz CT molecular complexity index is 417. The third-order valence-corrected chi connectivity index (χ3v) is 5.49. The summed E-state index contributed by atoms with van der Waals surface area (Å²) in [4.78, 5) is 11.7. The van der Waals surface area contributed by atoms with E-state index in [0.717, 1.165) is 32.1 Å². The van der Waals surface area contributed by atoms with Gasteiger partial charge in [0, 0.05) is 12.5 Å². The normalized spacial score (nSPS) is 41.8. The van der Waals surface area contributed by atoms with E-state index in [2.05, 4.69) is 6.58 Å². The molecule has 4 nitrogen and oxygen atoms in total. The van der Waals surface area contributed by atoms with Gasteiger partial charge in [-0.3, -0.25) is 0 Å². The molecule has 4 rings (SSSR count). The molecule has 4 saturated carbocycles. The second kappa shape index (κ2) is 5.40. The van der Waals surface area contributed by atoms with Crippen LogP contribution < -0.4 is 0 Å². The van der Waals surface area contributed by atoms with E-state index in [0.29, 0.717) is 24.9 Å². The van der Waals surface area contributed by atoms with E-state index in [4.69, 9.17) is 9.47 Å². The van der Waals surface area contributed by atoms with Crippen molar-refractivity contribution in [2.24, 2.45) is 11.8 Å². The summed E-state index contributed by atoms with van der Waals surface area (Å²) in [5.74, 6) is 0.853. The summed E-state index contributed by atoms with van der Waals surface area (Å²) in [6.07, 6.45) is 7.60. The number of carbonyl (C=O) groups excluding carboxylic acids is 1. The molecular weight excluding hydrogens is 268 g/mol. The lowest BCUT2D eigenvalue weighted by atomic mass is 9.52. The second-order valence-electron chi connectivity index (χ2n) is 7.33. The molecule has 0 saturated heterocycles. The summed E-state index contributed by atoms with van der Waals surface area (Å²) in [7, 11) is 0. The van der Waals surface area contributed by atoms with Crippen LogP contribution in [0, 0.1) is 11.8 Å². The van der Waals surface area contributed by atoms with Crippen LogP contribution in [0.2, 0.25) is 0 Å². The van der Waals surface area contributed by atoms with Gasteiger partial charge in [0.25, 0.3) is 0 Å². The summed E-state index contributed by atoms with van der Waals surface area (Å²) in [6.45, 7) is 5.86. The van der Waals surface area contributed by atoms with Crippen molar-refractivity contribution in [3.05, 3.63) is 12.7 Å². The molecule has 0 aliphatic heterocycles. The van der Waals surface area contributed by atoms with Crippen molar-refractivity contribution < 1.29 is 19.4 Å². The van der Waals surface area contributed by atoms with Gasteiger partial charge in [0.2, 0.25) is 0 Å². The summed E-state index contributed by atoms with van der Waals surface area (Å²) < 4.78 is 11.9. The van der Waals surface area contributed by atoms with Crippen molar-refractivity contribution in [3.8, 4) is 0 Å². The van der Waals surface area contributed by atoms with E-state index in [1.165, 1.54) is 12.5 Å². The highest BCUT2D eigenvalue weighted by Gasteiger charge is 2.60. The van der Waals surface area contributed by atoms with Gasteiger partial charge in [-0.1, -0.05) is 13.5 Å². The smallest absolute Gasteiger partial charge is 0.330 e. The molecule has 4 aliphatic carbocycles. The lowest BCUT2D eigenvalue weighted by Gasteiger charge is -2.60. The van der Waals surface area contributed by atoms with Crippen LogP contribution in [0.3, 0.4) is 0 Å². The summed E-state index contributed by atoms with van der Waals surface area (Å²) in [6, 6.07) is 0. The Morgan fingerprint density at radius 1 is 1.33 bits per heavy atom. The molecular formula is C17H26O4. The molecule has 3 unspecified atom stereocenters. The van der Waals surface area contributed by atoms with E-state index in [1.807, 2.05) is 6.92 Å². The van der Waals surface area contributed by atoms with Crippen molar-refractivity contribution in [1.82, 2.24) is 0 Å². The molecule has 0 amide bonds. The summed E-state index contributed by atoms with van der Waals surface area (Å²) in [5.41, 5.74) is -0.547. The van der Waals surface area contributed by atoms with E-state index < -0.39 is 6.10 Å². The van der Waals surface area contributed by atoms with Crippen molar-refractivity contribution >= 4 is 5.97 Å². The number of aliphatic hydroxyl groups excluding tert-OH is 1. The Hall–Kier alpha value is -0.870. The third-order valence-electron chi connectivity index (χ3n) is 5.49. The number of aliphatic hydroxyl groups is 1. The number of hydrogen-bond acceptors (Lipinski definition) is 4. The van der Waals surface area contributed by atoms with E-state index >= 15 is 0 Å². The van der Waals surface area contributed by atoms with Crippen LogP contribution in [-0.2, 0) is 14.3 Å². The molecule has 0 spiro atoms. The van der Waals surface area contributed by atoms with Gasteiger partial charge >= 0.3 is 5.97 Å². The first kappa shape index (κ1) is 15.0. The van der Waals surface area contributed by atoms with Crippen molar-refractivity contribution in [3.63, 3.8) is 0 Å². The van der Waals surface area contributed by atoms with Gasteiger partial charge in [0.05, 0.1) is 18.3 Å². The Labute approximate surface area is 126 Å². The lowest BCUT2D eigenvalue weighted by Crippen LogP contribution is -2.61. The monoisotopic (exact) mass is 294 g/mol. The first-order valence-electron chi connectivity index (χ1n) is 8.15. The highest BCUT2D eigenvalue weighted by molar-refractivity contribution is 5.81. The van der Waals surface area contributed by atoms with Gasteiger partial charge in [-0.15, -0.1) is 0 Å². The van der Waals surface area contributed by atoms with Crippen LogP contribution >= 0.6 is 0 Å². The molecule has 4 fully saturated rings. The van der Waals surface area contributed by atoms with Gasteiger partial charge in [-0.25, -0.2) is 4.79 Å². The molecule has 1 N–H and O–H groups in total. The van der Waals surface area contributed by atoms with E-state index in [1.54, 1.807) is 0 Å². The van der Waals surface area contributed by atoms with E-state index in [-0.39, 0.29) is 17.2 Å². The second-order valence-corrected chi connectivity index (χ2v) is 7.33. The zero-order chi connectivity index (χ0) is 15.1. The Balaban J connectivity index is 1.74. The fourth-order valence-electron chi connectivity index (χ4n) is 5.03. The first-order chi connectivity index (χ1) is 9.98. The minimum Gasteiger partial charge on any atom is -0.456 e. The summed E-state index contributed by atoms with van der Waals surface area (Å²) >= 11 is 0. The molecule has 3 atom stereocenters. The first-order valence-corrected chi connectivity index (χ1v) is 8.15. The molecule has 0 aromatic rings. The standard InChI is InChI=1S/C17H26O4/c1-3-14(18)10-20-16-6-12-5-13(7-16)9-17(8-12,11-16)21-15(19)4-2/h4,12-14,18H,2-3,5-11H2,1H3. The quantitative estimate of drug-likeness (QED) is 0.604. The Morgan fingerprint density at radius 3 is 2.52 bits per heavy atom. The Morgan fingerprint density at radius 2 is 1.95 bits per heavy atom. The van der Waals surface area contributed by atoms with Crippen molar-refractivity contribution in [1.29, 1.82) is 0 Å². The molecule has 4 bridgehead atoms. The predicted molar refractivity (Wildman–Crippen MR) is 78.7 cm³/mol. The predicted octanol–water partition coefficient (Wildman–Crippen LogP) is 2.59. The van der Waals surface area contributed by atoms with Crippen LogP contribution in [0.15, 0.2) is 12.7 Å². The largest absolute Gasteiger partial charge is 0.456 e. The number of esters is 1. The fraction of sp³-hybridized carbons (Fsp3) is 0.824. The molecule has 0 aromatic carbocycles. The zero-order valence-electron chi connectivity index (χ0n) is 12.8. The van der Waals surface area contributed by atoms with Gasteiger partial charge in [-0.2, -0.15) is 0 Å². The summed E-state index contributed by atoms with van der Waals surface area (Å²) in [5, 5.41) is 9.78. The lowest BCUT2D eigenvalue weighted by molar-refractivity contribution is -0.236. The van der Waals surface area contributed by atoms with Gasteiger partial charge in [0.1, 0.15) is 5.60 Å². The number of carbonyl (C=O) groups is 1. The SMILES string of the molecule is C=CC(=O)OC12CC3CC(CC(OCC(O)CC)(C3)C1)C2. The Kier molecular flexibility index (Phi) is 3.87. The van der Waals surface area contributed by atoms with Crippen LogP contribution in [-0.4, -0.2) is 35.0 Å².